The van der Waals surface area contributed by atoms with Crippen LogP contribution in [0, 0.1) is 0 Å². The lowest BCUT2D eigenvalue weighted by molar-refractivity contribution is 0.0688. The number of methoxy groups -OCH3 is 2. The molecule has 0 bridgehead atoms. The average molecular weight is 355 g/mol. The van der Waals surface area contributed by atoms with Gasteiger partial charge in [0.2, 0.25) is 0 Å². The van der Waals surface area contributed by atoms with E-state index >= 15 is 0 Å². The van der Waals surface area contributed by atoms with Crippen molar-refractivity contribution in [2.24, 2.45) is 0 Å². The number of aromatic nitrogens is 5. The summed E-state index contributed by atoms with van der Waals surface area (Å²) in [6, 6.07) is 6.16. The third kappa shape index (κ3) is 3.09. The summed E-state index contributed by atoms with van der Waals surface area (Å²) in [4.78, 5) is 8.57. The van der Waals surface area contributed by atoms with E-state index in [0.717, 1.165) is 22.7 Å². The van der Waals surface area contributed by atoms with Crippen molar-refractivity contribution in [2.75, 3.05) is 27.4 Å². The second-order valence-electron chi connectivity index (χ2n) is 6.16. The Morgan fingerprint density at radius 1 is 1.27 bits per heavy atom. The second-order valence-corrected chi connectivity index (χ2v) is 6.16. The summed E-state index contributed by atoms with van der Waals surface area (Å²) in [6.07, 6.45) is 7.01. The van der Waals surface area contributed by atoms with Gasteiger partial charge in [-0.1, -0.05) is 0 Å². The van der Waals surface area contributed by atoms with E-state index in [2.05, 4.69) is 25.7 Å². The van der Waals surface area contributed by atoms with Gasteiger partial charge in [-0.05, 0) is 18.2 Å². The van der Waals surface area contributed by atoms with Crippen molar-refractivity contribution in [1.29, 1.82) is 0 Å². The van der Waals surface area contributed by atoms with E-state index in [1.165, 1.54) is 6.33 Å². The number of rotatable bonds is 6. The predicted molar refractivity (Wildman–Crippen MR) is 94.0 cm³/mol. The van der Waals surface area contributed by atoms with Gasteiger partial charge >= 0.3 is 0 Å². The normalized spacial score (nSPS) is 19.8. The Labute approximate surface area is 151 Å². The summed E-state index contributed by atoms with van der Waals surface area (Å²) in [5.74, 6) is 1.69. The highest BCUT2D eigenvalue weighted by Crippen LogP contribution is 2.30. The topological polar surface area (TPSA) is 76.2 Å². The fourth-order valence-corrected chi connectivity index (χ4v) is 3.34. The van der Waals surface area contributed by atoms with Crippen molar-refractivity contribution in [1.82, 2.24) is 24.3 Å². The maximum Gasteiger partial charge on any atom is 0.140 e. The Kier molecular flexibility index (Phi) is 4.68. The van der Waals surface area contributed by atoms with E-state index < -0.39 is 0 Å². The Bertz CT molecular complexity index is 862. The van der Waals surface area contributed by atoms with Gasteiger partial charge in [0.15, 0.2) is 0 Å². The first-order valence-corrected chi connectivity index (χ1v) is 8.43. The van der Waals surface area contributed by atoms with Gasteiger partial charge in [0.1, 0.15) is 30.3 Å². The number of imidazole rings is 1. The molecule has 26 heavy (non-hydrogen) atoms. The highest BCUT2D eigenvalue weighted by Gasteiger charge is 2.31. The van der Waals surface area contributed by atoms with Crippen LogP contribution in [-0.2, 0) is 16.0 Å². The monoisotopic (exact) mass is 355 g/mol. The van der Waals surface area contributed by atoms with Crippen LogP contribution in [0.4, 0.5) is 0 Å². The molecule has 2 aromatic heterocycles. The smallest absolute Gasteiger partial charge is 0.140 e. The molecule has 136 valence electrons. The van der Waals surface area contributed by atoms with Crippen LogP contribution < -0.4 is 4.74 Å². The molecule has 1 fully saturated rings. The molecule has 0 aliphatic carbocycles. The van der Waals surface area contributed by atoms with Crippen molar-refractivity contribution in [3.8, 4) is 17.1 Å². The first-order valence-electron chi connectivity index (χ1n) is 8.43. The van der Waals surface area contributed by atoms with Gasteiger partial charge in [0, 0.05) is 30.6 Å². The van der Waals surface area contributed by atoms with Gasteiger partial charge in [0.25, 0.3) is 0 Å². The standard InChI is InChI=1S/C18H21N5O3/c1-24-16-4-3-13(7-14(16)8-22-12-19-11-21-22)18-20-5-6-23(18)15-9-26-10-17(15)25-2/h3-7,11-12,15,17H,8-10H2,1-2H3/t15-,17-/m0/s1. The number of nitrogens with zero attached hydrogens (tertiary/aromatic N) is 5. The minimum absolute atomic E-state index is 0.0239. The molecular formula is C18H21N5O3. The van der Waals surface area contributed by atoms with Crippen molar-refractivity contribution < 1.29 is 14.2 Å². The Morgan fingerprint density at radius 3 is 2.96 bits per heavy atom. The fourth-order valence-electron chi connectivity index (χ4n) is 3.34. The third-order valence-corrected chi connectivity index (χ3v) is 4.67. The first-order chi connectivity index (χ1) is 12.8. The first kappa shape index (κ1) is 16.7. The number of benzene rings is 1. The zero-order valence-corrected chi connectivity index (χ0v) is 14.8. The van der Waals surface area contributed by atoms with Gasteiger partial charge < -0.3 is 18.8 Å². The summed E-state index contributed by atoms with van der Waals surface area (Å²) >= 11 is 0. The van der Waals surface area contributed by atoms with Crippen molar-refractivity contribution in [3.63, 3.8) is 0 Å². The molecule has 0 unspecified atom stereocenters. The minimum Gasteiger partial charge on any atom is -0.496 e. The van der Waals surface area contributed by atoms with Crippen LogP contribution in [0.3, 0.4) is 0 Å². The van der Waals surface area contributed by atoms with Crippen LogP contribution in [0.15, 0.2) is 43.2 Å². The summed E-state index contributed by atoms with van der Waals surface area (Å²) in [6.45, 7) is 1.79. The van der Waals surface area contributed by atoms with Crippen LogP contribution in [-0.4, -0.2) is 57.9 Å². The van der Waals surface area contributed by atoms with Crippen molar-refractivity contribution in [3.05, 3.63) is 48.8 Å². The molecule has 1 saturated heterocycles. The maximum atomic E-state index is 5.59. The molecule has 3 aromatic rings. The second kappa shape index (κ2) is 7.27. The van der Waals surface area contributed by atoms with Gasteiger partial charge in [-0.15, -0.1) is 0 Å². The van der Waals surface area contributed by atoms with Crippen molar-refractivity contribution >= 4 is 0 Å². The zero-order valence-electron chi connectivity index (χ0n) is 14.8. The Morgan fingerprint density at radius 2 is 2.19 bits per heavy atom. The highest BCUT2D eigenvalue weighted by molar-refractivity contribution is 5.59. The van der Waals surface area contributed by atoms with Crippen LogP contribution in [0.1, 0.15) is 11.6 Å². The molecule has 1 aromatic carbocycles. The van der Waals surface area contributed by atoms with E-state index in [4.69, 9.17) is 14.2 Å². The molecule has 0 N–H and O–H groups in total. The SMILES string of the molecule is COc1ccc(-c2nccn2[C@H]2COC[C@@H]2OC)cc1Cn1cncn1. The predicted octanol–water partition coefficient (Wildman–Crippen LogP) is 1.78. The number of ether oxygens (including phenoxy) is 3. The molecule has 0 radical (unpaired) electrons. The van der Waals surface area contributed by atoms with Crippen LogP contribution >= 0.6 is 0 Å². The molecular weight excluding hydrogens is 334 g/mol. The van der Waals surface area contributed by atoms with Crippen LogP contribution in [0.5, 0.6) is 5.75 Å². The summed E-state index contributed by atoms with van der Waals surface area (Å²) in [7, 11) is 3.38. The lowest BCUT2D eigenvalue weighted by Crippen LogP contribution is -2.24. The largest absolute Gasteiger partial charge is 0.496 e. The Hall–Kier alpha value is -2.71. The van der Waals surface area contributed by atoms with Crippen LogP contribution in [0.2, 0.25) is 0 Å². The fraction of sp³-hybridized carbons (Fsp3) is 0.389. The van der Waals surface area contributed by atoms with E-state index in [9.17, 15) is 0 Å². The number of hydrogen-bond donors (Lipinski definition) is 0. The van der Waals surface area contributed by atoms with E-state index in [1.54, 1.807) is 25.2 Å². The third-order valence-electron chi connectivity index (χ3n) is 4.67. The van der Waals surface area contributed by atoms with Crippen LogP contribution in [0.25, 0.3) is 11.4 Å². The lowest BCUT2D eigenvalue weighted by Gasteiger charge is -2.20. The highest BCUT2D eigenvalue weighted by atomic mass is 16.5. The molecule has 0 amide bonds. The van der Waals surface area contributed by atoms with E-state index in [-0.39, 0.29) is 12.1 Å². The molecule has 8 nitrogen and oxygen atoms in total. The molecule has 2 atom stereocenters. The van der Waals surface area contributed by atoms with Gasteiger partial charge in [-0.25, -0.2) is 14.6 Å². The summed E-state index contributed by atoms with van der Waals surface area (Å²) < 4.78 is 20.5. The van der Waals surface area contributed by atoms with Gasteiger partial charge in [-0.2, -0.15) is 5.10 Å². The molecule has 1 aliphatic rings. The molecule has 3 heterocycles. The molecule has 8 heteroatoms. The van der Waals surface area contributed by atoms with Gasteiger partial charge in [0.05, 0.1) is 32.9 Å². The summed E-state index contributed by atoms with van der Waals surface area (Å²) in [5.41, 5.74) is 2.02. The Balaban J connectivity index is 1.69. The number of hydrogen-bond acceptors (Lipinski definition) is 6. The van der Waals surface area contributed by atoms with Crippen molar-refractivity contribution in [2.45, 2.75) is 18.7 Å². The van der Waals surface area contributed by atoms with E-state index in [0.29, 0.717) is 19.8 Å². The average Bonchev–Trinajstić information content (AvgIpc) is 3.41. The molecule has 4 rings (SSSR count). The summed E-state index contributed by atoms with van der Waals surface area (Å²) in [5, 5.41) is 4.18. The van der Waals surface area contributed by atoms with E-state index in [1.807, 2.05) is 24.5 Å². The molecule has 0 spiro atoms. The molecule has 0 saturated carbocycles. The van der Waals surface area contributed by atoms with Gasteiger partial charge in [-0.3, -0.25) is 0 Å². The quantitative estimate of drug-likeness (QED) is 0.671. The lowest BCUT2D eigenvalue weighted by atomic mass is 10.1. The maximum absolute atomic E-state index is 5.59. The molecule has 1 aliphatic heterocycles. The minimum atomic E-state index is 0.0239. The zero-order chi connectivity index (χ0) is 17.9.